The zero-order chi connectivity index (χ0) is 13.6. The molecule has 0 spiro atoms. The molecule has 0 aromatic heterocycles. The molecule has 0 saturated carbocycles. The average molecular weight is 277 g/mol. The van der Waals surface area contributed by atoms with E-state index in [0.717, 1.165) is 12.8 Å². The smallest absolute Gasteiger partial charge is 0.155 e. The molecule has 0 aromatic carbocycles. The number of hydrogen-bond acceptors (Lipinski definition) is 3. The van der Waals surface area contributed by atoms with Crippen LogP contribution in [0.4, 0.5) is 4.39 Å². The Balaban J connectivity index is 1.98. The van der Waals surface area contributed by atoms with Crippen molar-refractivity contribution in [2.75, 3.05) is 5.75 Å². The van der Waals surface area contributed by atoms with Crippen molar-refractivity contribution in [1.29, 1.82) is 0 Å². The fourth-order valence-corrected chi connectivity index (χ4v) is 4.27. The maximum absolute atomic E-state index is 14.7. The normalized spacial score (nSPS) is 36.9. The Morgan fingerprint density at radius 2 is 1.72 bits per heavy atom. The molecule has 5 heteroatoms. The lowest BCUT2D eigenvalue weighted by Gasteiger charge is -2.35. The molecule has 0 aliphatic carbocycles. The van der Waals surface area contributed by atoms with Crippen molar-refractivity contribution in [2.45, 2.75) is 75.4 Å². The van der Waals surface area contributed by atoms with Crippen LogP contribution < -0.4 is 5.32 Å². The molecule has 2 fully saturated rings. The van der Waals surface area contributed by atoms with E-state index in [2.05, 4.69) is 5.32 Å². The van der Waals surface area contributed by atoms with Gasteiger partial charge in [0.1, 0.15) is 5.67 Å². The Kier molecular flexibility index (Phi) is 3.52. The van der Waals surface area contributed by atoms with Crippen LogP contribution in [0.5, 0.6) is 0 Å². The molecule has 2 unspecified atom stereocenters. The molecule has 2 aliphatic rings. The molecular formula is C13H24FNO2S. The molecule has 1 N–H and O–H groups in total. The Bertz CT molecular complexity index is 401. The standard InChI is InChI=1S/C13H24FNO2S/c1-12(2,3)18(16,17)7-6-13(14)8-10-4-5-11(9-13)15-10/h10-11,15H,4-9H2,1-3H3. The summed E-state index contributed by atoms with van der Waals surface area (Å²) in [4.78, 5) is 0. The van der Waals surface area contributed by atoms with Crippen molar-refractivity contribution in [3.05, 3.63) is 0 Å². The Morgan fingerprint density at radius 3 is 2.17 bits per heavy atom. The molecule has 0 amide bonds. The fraction of sp³-hybridized carbons (Fsp3) is 1.00. The van der Waals surface area contributed by atoms with E-state index >= 15 is 0 Å². The van der Waals surface area contributed by atoms with Gasteiger partial charge in [0, 0.05) is 12.1 Å². The zero-order valence-corrected chi connectivity index (χ0v) is 12.3. The first kappa shape index (κ1) is 14.3. The van der Waals surface area contributed by atoms with Crippen LogP contribution in [0, 0.1) is 0 Å². The third-order valence-corrected chi connectivity index (χ3v) is 6.92. The minimum Gasteiger partial charge on any atom is -0.311 e. The maximum Gasteiger partial charge on any atom is 0.155 e. The summed E-state index contributed by atoms with van der Waals surface area (Å²) in [5.41, 5.74) is -1.28. The highest BCUT2D eigenvalue weighted by atomic mass is 32.2. The summed E-state index contributed by atoms with van der Waals surface area (Å²) < 4.78 is 38.0. The van der Waals surface area contributed by atoms with Gasteiger partial charge in [-0.1, -0.05) is 0 Å². The van der Waals surface area contributed by atoms with Gasteiger partial charge in [0.15, 0.2) is 9.84 Å². The Labute approximate surface area is 109 Å². The van der Waals surface area contributed by atoms with E-state index < -0.39 is 20.3 Å². The first-order valence-corrected chi connectivity index (χ1v) is 8.44. The lowest BCUT2D eigenvalue weighted by atomic mass is 9.87. The van der Waals surface area contributed by atoms with E-state index in [1.54, 1.807) is 20.8 Å². The highest BCUT2D eigenvalue weighted by Gasteiger charge is 2.45. The lowest BCUT2D eigenvalue weighted by Crippen LogP contribution is -2.47. The van der Waals surface area contributed by atoms with Gasteiger partial charge in [-0.2, -0.15) is 0 Å². The fourth-order valence-electron chi connectivity index (χ4n) is 3.02. The Morgan fingerprint density at radius 1 is 1.22 bits per heavy atom. The SMILES string of the molecule is CC(C)(C)S(=O)(=O)CCC1(F)CC2CCC(C1)N2. The number of piperidine rings is 1. The summed E-state index contributed by atoms with van der Waals surface area (Å²) in [5, 5.41) is 3.38. The molecule has 2 saturated heterocycles. The molecule has 106 valence electrons. The molecular weight excluding hydrogens is 253 g/mol. The number of halogens is 1. The molecule has 2 aliphatic heterocycles. The first-order valence-electron chi connectivity index (χ1n) is 6.79. The third-order valence-electron chi connectivity index (χ3n) is 4.31. The highest BCUT2D eigenvalue weighted by Crippen LogP contribution is 2.39. The third kappa shape index (κ3) is 2.87. The molecule has 2 rings (SSSR count). The van der Waals surface area contributed by atoms with Gasteiger partial charge in [-0.25, -0.2) is 12.8 Å². The monoisotopic (exact) mass is 277 g/mol. The van der Waals surface area contributed by atoms with Gasteiger partial charge in [-0.15, -0.1) is 0 Å². The zero-order valence-electron chi connectivity index (χ0n) is 11.5. The number of alkyl halides is 1. The number of fused-ring (bicyclic) bond motifs is 2. The van der Waals surface area contributed by atoms with Crippen LogP contribution in [0.1, 0.15) is 52.9 Å². The second-order valence-corrected chi connectivity index (χ2v) is 9.74. The van der Waals surface area contributed by atoms with E-state index in [9.17, 15) is 12.8 Å². The average Bonchev–Trinajstić information content (AvgIpc) is 2.55. The van der Waals surface area contributed by atoms with Crippen LogP contribution in [-0.2, 0) is 9.84 Å². The quantitative estimate of drug-likeness (QED) is 0.860. The van der Waals surface area contributed by atoms with Crippen molar-refractivity contribution >= 4 is 9.84 Å². The van der Waals surface area contributed by atoms with E-state index in [-0.39, 0.29) is 24.3 Å². The van der Waals surface area contributed by atoms with Gasteiger partial charge in [-0.05, 0) is 52.9 Å². The van der Waals surface area contributed by atoms with Crippen molar-refractivity contribution in [1.82, 2.24) is 5.32 Å². The van der Waals surface area contributed by atoms with E-state index in [1.165, 1.54) is 0 Å². The number of nitrogens with one attached hydrogen (secondary N) is 1. The number of hydrogen-bond donors (Lipinski definition) is 1. The lowest BCUT2D eigenvalue weighted by molar-refractivity contribution is 0.0855. The second-order valence-electron chi connectivity index (χ2n) is 6.88. The second kappa shape index (κ2) is 4.44. The Hall–Kier alpha value is -0.160. The first-order chi connectivity index (χ1) is 8.11. The van der Waals surface area contributed by atoms with Crippen molar-refractivity contribution in [3.8, 4) is 0 Å². The summed E-state index contributed by atoms with van der Waals surface area (Å²) in [6.45, 7) is 5.04. The molecule has 18 heavy (non-hydrogen) atoms. The minimum absolute atomic E-state index is 0.0353. The van der Waals surface area contributed by atoms with Crippen LogP contribution in [0.3, 0.4) is 0 Å². The molecule has 0 radical (unpaired) electrons. The summed E-state index contributed by atoms with van der Waals surface area (Å²) >= 11 is 0. The van der Waals surface area contributed by atoms with Crippen LogP contribution in [0.2, 0.25) is 0 Å². The van der Waals surface area contributed by atoms with Gasteiger partial charge in [0.2, 0.25) is 0 Å². The van der Waals surface area contributed by atoms with Crippen LogP contribution >= 0.6 is 0 Å². The van der Waals surface area contributed by atoms with Crippen molar-refractivity contribution < 1.29 is 12.8 Å². The molecule has 3 nitrogen and oxygen atoms in total. The summed E-state index contributed by atoms with van der Waals surface area (Å²) in [5.74, 6) is -0.0353. The molecule has 2 atom stereocenters. The summed E-state index contributed by atoms with van der Waals surface area (Å²) in [6, 6.07) is 0.511. The van der Waals surface area contributed by atoms with Gasteiger partial charge in [0.05, 0.1) is 10.5 Å². The minimum atomic E-state index is -3.21. The van der Waals surface area contributed by atoms with Crippen molar-refractivity contribution in [3.63, 3.8) is 0 Å². The van der Waals surface area contributed by atoms with Crippen molar-refractivity contribution in [2.24, 2.45) is 0 Å². The van der Waals surface area contributed by atoms with E-state index in [1.807, 2.05) is 0 Å². The van der Waals surface area contributed by atoms with Gasteiger partial charge >= 0.3 is 0 Å². The summed E-state index contributed by atoms with van der Waals surface area (Å²) in [6.07, 6.45) is 3.17. The predicted molar refractivity (Wildman–Crippen MR) is 71.2 cm³/mol. The molecule has 2 heterocycles. The summed E-state index contributed by atoms with van der Waals surface area (Å²) in [7, 11) is -3.21. The van der Waals surface area contributed by atoms with Crippen LogP contribution in [0.15, 0.2) is 0 Å². The van der Waals surface area contributed by atoms with Gasteiger partial charge in [-0.3, -0.25) is 0 Å². The van der Waals surface area contributed by atoms with E-state index in [0.29, 0.717) is 12.8 Å². The predicted octanol–water partition coefficient (Wildman–Crippen LogP) is 2.21. The number of rotatable bonds is 3. The number of sulfone groups is 1. The largest absolute Gasteiger partial charge is 0.311 e. The highest BCUT2D eigenvalue weighted by molar-refractivity contribution is 7.92. The van der Waals surface area contributed by atoms with Gasteiger partial charge in [0.25, 0.3) is 0 Å². The topological polar surface area (TPSA) is 46.2 Å². The van der Waals surface area contributed by atoms with Gasteiger partial charge < -0.3 is 5.32 Å². The molecule has 2 bridgehead atoms. The van der Waals surface area contributed by atoms with Crippen LogP contribution in [-0.4, -0.2) is 36.7 Å². The van der Waals surface area contributed by atoms with E-state index in [4.69, 9.17) is 0 Å². The van der Waals surface area contributed by atoms with Crippen LogP contribution in [0.25, 0.3) is 0 Å². The molecule has 0 aromatic rings. The maximum atomic E-state index is 14.7.